The largest absolute Gasteiger partial charge is 0.335 e. The van der Waals surface area contributed by atoms with Crippen molar-refractivity contribution in [2.45, 2.75) is 12.0 Å². The first kappa shape index (κ1) is 41.1. The zero-order valence-corrected chi connectivity index (χ0v) is 38.5. The van der Waals surface area contributed by atoms with Crippen LogP contribution >= 0.6 is 0 Å². The number of allylic oxidation sites excluding steroid dienone is 2. The third kappa shape index (κ3) is 6.68. The molecule has 0 spiro atoms. The number of aromatic nitrogens is 3. The van der Waals surface area contributed by atoms with Gasteiger partial charge in [-0.15, -0.1) is 0 Å². The molecule has 3 heterocycles. The third-order valence-electron chi connectivity index (χ3n) is 14.3. The van der Waals surface area contributed by atoms with Crippen molar-refractivity contribution in [3.05, 3.63) is 294 Å². The van der Waals surface area contributed by atoms with E-state index in [4.69, 9.17) is 16.5 Å². The van der Waals surface area contributed by atoms with Crippen LogP contribution in [0.5, 0.6) is 0 Å². The molecule has 0 fully saturated rings. The molecule has 2 aromatic heterocycles. The normalized spacial score (nSPS) is 13.9. The summed E-state index contributed by atoms with van der Waals surface area (Å²) in [5.41, 5.74) is 20.2. The molecule has 0 N–H and O–H groups in total. The lowest BCUT2D eigenvalue weighted by atomic mass is 9.67. The number of fused-ring (bicyclic) bond motifs is 7. The molecule has 1 aliphatic carbocycles. The summed E-state index contributed by atoms with van der Waals surface area (Å²) in [5, 5.41) is 1.21. The van der Waals surface area contributed by atoms with Crippen molar-refractivity contribution in [1.82, 2.24) is 14.5 Å². The maximum atomic E-state index is 5.30. The van der Waals surface area contributed by atoms with Gasteiger partial charge < -0.3 is 9.47 Å². The second-order valence-corrected chi connectivity index (χ2v) is 18.2. The number of hydrogen-bond donors (Lipinski definition) is 0. The topological polar surface area (TPSA) is 34.0 Å². The monoisotopic (exact) mass is 894 g/mol. The van der Waals surface area contributed by atoms with Gasteiger partial charge in [0, 0.05) is 50.3 Å². The van der Waals surface area contributed by atoms with Gasteiger partial charge in [0.15, 0.2) is 5.82 Å². The molecule has 330 valence electrons. The Morgan fingerprint density at radius 2 is 0.971 bits per heavy atom. The van der Waals surface area contributed by atoms with E-state index in [0.29, 0.717) is 12.4 Å². The molecule has 0 saturated carbocycles. The Balaban J connectivity index is 1.04. The van der Waals surface area contributed by atoms with Gasteiger partial charge in [-0.1, -0.05) is 207 Å². The first-order chi connectivity index (χ1) is 34.6. The Kier molecular flexibility index (Phi) is 9.91. The summed E-state index contributed by atoms with van der Waals surface area (Å²) in [6, 6.07) is 87.1. The lowest BCUT2D eigenvalue weighted by Gasteiger charge is -2.36. The van der Waals surface area contributed by atoms with Crippen LogP contribution in [0.15, 0.2) is 255 Å². The first-order valence-corrected chi connectivity index (χ1v) is 24.0. The van der Waals surface area contributed by atoms with Gasteiger partial charge in [0.1, 0.15) is 0 Å². The second kappa shape index (κ2) is 16.9. The van der Waals surface area contributed by atoms with Crippen molar-refractivity contribution in [2.24, 2.45) is 0 Å². The van der Waals surface area contributed by atoms with Crippen LogP contribution in [0, 0.1) is 0 Å². The molecule has 0 unspecified atom stereocenters. The Morgan fingerprint density at radius 1 is 0.429 bits per heavy atom. The van der Waals surface area contributed by atoms with E-state index < -0.39 is 5.41 Å². The third-order valence-corrected chi connectivity index (χ3v) is 14.3. The number of benzene rings is 9. The van der Waals surface area contributed by atoms with Crippen molar-refractivity contribution in [3.63, 3.8) is 0 Å². The molecule has 0 atom stereocenters. The molecule has 0 bridgehead atoms. The summed E-state index contributed by atoms with van der Waals surface area (Å²) in [7, 11) is 0. The molecular formula is C66H46N4. The molecule has 0 saturated heterocycles. The van der Waals surface area contributed by atoms with E-state index >= 15 is 0 Å². The predicted octanol–water partition coefficient (Wildman–Crippen LogP) is 16.2. The van der Waals surface area contributed by atoms with Crippen LogP contribution in [-0.2, 0) is 12.0 Å². The van der Waals surface area contributed by atoms with E-state index in [9.17, 15) is 0 Å². The van der Waals surface area contributed by atoms with Crippen LogP contribution in [0.25, 0.3) is 73.3 Å². The van der Waals surface area contributed by atoms with Crippen LogP contribution < -0.4 is 4.90 Å². The van der Waals surface area contributed by atoms with Gasteiger partial charge in [-0.3, -0.25) is 0 Å². The fourth-order valence-corrected chi connectivity index (χ4v) is 11.1. The van der Waals surface area contributed by atoms with E-state index in [-0.39, 0.29) is 0 Å². The highest BCUT2D eigenvalue weighted by atomic mass is 15.2. The van der Waals surface area contributed by atoms with Gasteiger partial charge in [0.2, 0.25) is 0 Å². The average molecular weight is 895 g/mol. The summed E-state index contributed by atoms with van der Waals surface area (Å²) < 4.78 is 2.43. The standard InChI is InChI=1S/C66H46N4/c1-45-37-39-56-55-33-16-19-36-63(55)70(52-29-12-5-13-30-52)64(56)44-69(51-27-10-4-11-28-51)62-40-38-50(42-57(45)62)66(58-34-17-14-31-53(58)54-32-15-18-35-59(54)66)49-26-20-25-48(41-49)65-67-60(46-21-6-2-7-22-46)43-61(68-65)47-23-8-3-9-24-47/h2-43H,1,44H2/b39-37-. The number of anilines is 2. The van der Waals surface area contributed by atoms with Crippen LogP contribution in [0.2, 0.25) is 0 Å². The molecule has 13 rings (SSSR count). The summed E-state index contributed by atoms with van der Waals surface area (Å²) in [5.74, 6) is 0.676. The Labute approximate surface area is 408 Å². The Hall–Kier alpha value is -9.12. The molecule has 4 heteroatoms. The van der Waals surface area contributed by atoms with E-state index in [1.54, 1.807) is 0 Å². The van der Waals surface area contributed by atoms with Gasteiger partial charge in [-0.05, 0) is 93.6 Å². The van der Waals surface area contributed by atoms with Crippen molar-refractivity contribution in [3.8, 4) is 50.7 Å². The molecule has 2 aliphatic rings. The molecule has 0 radical (unpaired) electrons. The number of rotatable bonds is 7. The van der Waals surface area contributed by atoms with Gasteiger partial charge >= 0.3 is 0 Å². The highest BCUT2D eigenvalue weighted by molar-refractivity contribution is 5.97. The molecule has 0 amide bonds. The van der Waals surface area contributed by atoms with Crippen LogP contribution in [0.3, 0.4) is 0 Å². The Bertz CT molecular complexity index is 3710. The maximum Gasteiger partial charge on any atom is 0.160 e. The fraction of sp³-hybridized carbons (Fsp3) is 0.0303. The van der Waals surface area contributed by atoms with E-state index in [1.807, 2.05) is 12.1 Å². The number of hydrogen-bond acceptors (Lipinski definition) is 3. The molecule has 4 nitrogen and oxygen atoms in total. The summed E-state index contributed by atoms with van der Waals surface area (Å²) in [6.45, 7) is 5.50. The van der Waals surface area contributed by atoms with Crippen molar-refractivity contribution in [1.29, 1.82) is 0 Å². The van der Waals surface area contributed by atoms with E-state index in [0.717, 1.165) is 67.4 Å². The lowest BCUT2D eigenvalue weighted by Crippen LogP contribution is -2.29. The predicted molar refractivity (Wildman–Crippen MR) is 289 cm³/mol. The zero-order chi connectivity index (χ0) is 46.6. The first-order valence-electron chi connectivity index (χ1n) is 24.0. The lowest BCUT2D eigenvalue weighted by molar-refractivity contribution is 0.767. The highest BCUT2D eigenvalue weighted by Gasteiger charge is 2.46. The second-order valence-electron chi connectivity index (χ2n) is 18.2. The van der Waals surface area contributed by atoms with Gasteiger partial charge in [0.05, 0.1) is 34.6 Å². The summed E-state index contributed by atoms with van der Waals surface area (Å²) in [6.07, 6.45) is 4.51. The average Bonchev–Trinajstić information content (AvgIpc) is 3.93. The Morgan fingerprint density at radius 3 is 1.63 bits per heavy atom. The van der Waals surface area contributed by atoms with Crippen LogP contribution in [0.4, 0.5) is 11.4 Å². The van der Waals surface area contributed by atoms with Gasteiger partial charge in [-0.2, -0.15) is 0 Å². The van der Waals surface area contributed by atoms with E-state index in [1.165, 1.54) is 44.4 Å². The molecule has 11 aromatic rings. The maximum absolute atomic E-state index is 5.30. The fourth-order valence-electron chi connectivity index (χ4n) is 11.1. The smallest absolute Gasteiger partial charge is 0.160 e. The van der Waals surface area contributed by atoms with Gasteiger partial charge in [0.25, 0.3) is 0 Å². The zero-order valence-electron chi connectivity index (χ0n) is 38.5. The van der Waals surface area contributed by atoms with Crippen molar-refractivity contribution in [2.75, 3.05) is 4.90 Å². The summed E-state index contributed by atoms with van der Waals surface area (Å²) >= 11 is 0. The van der Waals surface area contributed by atoms with E-state index in [2.05, 4.69) is 252 Å². The van der Waals surface area contributed by atoms with Gasteiger partial charge in [-0.25, -0.2) is 9.97 Å². The minimum absolute atomic E-state index is 0.624. The number of para-hydroxylation sites is 3. The summed E-state index contributed by atoms with van der Waals surface area (Å²) in [4.78, 5) is 13.1. The molecule has 1 aliphatic heterocycles. The van der Waals surface area contributed by atoms with Crippen molar-refractivity contribution < 1.29 is 0 Å². The highest BCUT2D eigenvalue weighted by Crippen LogP contribution is 2.57. The molecular weight excluding hydrogens is 849 g/mol. The SMILES string of the molecule is C=C1/C=C\c2c(n(-c3ccccc3)c3ccccc23)CN(c2ccccc2)c2ccc(C3(c4cccc(-c5nc(-c6ccccc6)cc(-c6ccccc6)n5)c4)c4ccccc4-c4ccccc43)cc21. The molecule has 9 aromatic carbocycles. The number of nitrogens with zero attached hydrogens (tertiary/aromatic N) is 4. The minimum atomic E-state index is -0.708. The quantitative estimate of drug-likeness (QED) is 0.160. The molecule has 70 heavy (non-hydrogen) atoms. The van der Waals surface area contributed by atoms with Crippen molar-refractivity contribution >= 4 is 33.9 Å². The minimum Gasteiger partial charge on any atom is -0.335 e. The van der Waals surface area contributed by atoms with Crippen LogP contribution in [0.1, 0.15) is 39.1 Å². The van der Waals surface area contributed by atoms with Crippen LogP contribution in [-0.4, -0.2) is 14.5 Å².